The summed E-state index contributed by atoms with van der Waals surface area (Å²) >= 11 is 1.43. The third-order valence-corrected chi connectivity index (χ3v) is 5.85. The Balaban J connectivity index is 1.91. The molecule has 0 saturated carbocycles. The van der Waals surface area contributed by atoms with Gasteiger partial charge in [-0.2, -0.15) is 0 Å². The summed E-state index contributed by atoms with van der Waals surface area (Å²) in [5.74, 6) is -1.04. The van der Waals surface area contributed by atoms with E-state index in [1.807, 2.05) is 17.5 Å². The van der Waals surface area contributed by atoms with Crippen LogP contribution in [-0.2, 0) is 30.8 Å². The number of amides is 1. The molecule has 2 rings (SSSR count). The molecule has 0 radical (unpaired) electrons. The van der Waals surface area contributed by atoms with Crippen LogP contribution in [0.1, 0.15) is 4.88 Å². The van der Waals surface area contributed by atoms with E-state index in [0.717, 1.165) is 9.18 Å². The highest BCUT2D eigenvalue weighted by Crippen LogP contribution is 2.18. The number of anilines is 1. The first-order chi connectivity index (χ1) is 11.8. The highest BCUT2D eigenvalue weighted by Gasteiger charge is 2.17. The van der Waals surface area contributed by atoms with Crippen LogP contribution in [0.5, 0.6) is 0 Å². The fraction of sp³-hybridized carbons (Fsp3) is 0.250. The number of hydrogen-bond acceptors (Lipinski definition) is 6. The molecule has 0 spiro atoms. The van der Waals surface area contributed by atoms with Crippen LogP contribution in [0.4, 0.5) is 5.69 Å². The lowest BCUT2D eigenvalue weighted by atomic mass is 10.3. The van der Waals surface area contributed by atoms with Crippen molar-refractivity contribution in [1.29, 1.82) is 0 Å². The van der Waals surface area contributed by atoms with Gasteiger partial charge in [-0.1, -0.05) is 12.1 Å². The lowest BCUT2D eigenvalue weighted by Gasteiger charge is -2.12. The first kappa shape index (κ1) is 19.1. The van der Waals surface area contributed by atoms with Gasteiger partial charge in [0, 0.05) is 24.7 Å². The Morgan fingerprint density at radius 3 is 2.60 bits per heavy atom. The first-order valence-electron chi connectivity index (χ1n) is 7.29. The Bertz CT molecular complexity index is 845. The number of rotatable bonds is 7. The summed E-state index contributed by atoms with van der Waals surface area (Å²) < 4.78 is 30.2. The molecule has 0 aliphatic carbocycles. The van der Waals surface area contributed by atoms with Crippen LogP contribution in [0, 0.1) is 0 Å². The monoisotopic (exact) mass is 382 g/mol. The van der Waals surface area contributed by atoms with Gasteiger partial charge in [-0.3, -0.25) is 9.59 Å². The summed E-state index contributed by atoms with van der Waals surface area (Å²) in [6.07, 6.45) is 0.113. The number of benzene rings is 1. The molecule has 0 atom stereocenters. The molecule has 134 valence electrons. The Labute approximate surface area is 150 Å². The molecule has 9 heteroatoms. The zero-order valence-corrected chi connectivity index (χ0v) is 15.4. The summed E-state index contributed by atoms with van der Waals surface area (Å²) in [7, 11) is -0.744. The van der Waals surface area contributed by atoms with E-state index in [4.69, 9.17) is 4.74 Å². The minimum Gasteiger partial charge on any atom is -0.455 e. The molecule has 1 aromatic heterocycles. The molecule has 0 saturated heterocycles. The standard InChI is InChI=1S/C16H18N2O5S2/c1-18(2)25(21,22)14-7-3-5-12(9-14)17-15(19)11-23-16(20)10-13-6-4-8-24-13/h3-9H,10-11H2,1-2H3,(H,17,19). The average molecular weight is 382 g/mol. The van der Waals surface area contributed by atoms with E-state index in [2.05, 4.69) is 5.32 Å². The molecule has 0 aliphatic rings. The summed E-state index contributed by atoms with van der Waals surface area (Å²) in [5, 5.41) is 4.36. The molecule has 0 fully saturated rings. The lowest BCUT2D eigenvalue weighted by Crippen LogP contribution is -2.23. The molecule has 1 aromatic carbocycles. The molecular formula is C16H18N2O5S2. The Hall–Kier alpha value is -2.23. The normalized spacial score (nSPS) is 11.3. The summed E-state index contributed by atoms with van der Waals surface area (Å²) in [4.78, 5) is 24.4. The van der Waals surface area contributed by atoms with Crippen molar-refractivity contribution in [2.45, 2.75) is 11.3 Å². The fourth-order valence-electron chi connectivity index (χ4n) is 1.89. The smallest absolute Gasteiger partial charge is 0.311 e. The van der Waals surface area contributed by atoms with Crippen molar-refractivity contribution in [3.8, 4) is 0 Å². The quantitative estimate of drug-likeness (QED) is 0.736. The molecule has 0 aliphatic heterocycles. The van der Waals surface area contributed by atoms with Crippen LogP contribution in [0.3, 0.4) is 0 Å². The first-order valence-corrected chi connectivity index (χ1v) is 9.61. The van der Waals surface area contributed by atoms with E-state index in [9.17, 15) is 18.0 Å². The second-order valence-corrected chi connectivity index (χ2v) is 8.46. The molecule has 2 aromatic rings. The Morgan fingerprint density at radius 1 is 1.20 bits per heavy atom. The second-order valence-electron chi connectivity index (χ2n) is 5.28. The predicted octanol–water partition coefficient (Wildman–Crippen LogP) is 1.72. The number of nitrogens with one attached hydrogen (secondary N) is 1. The van der Waals surface area contributed by atoms with Crippen LogP contribution in [-0.4, -0.2) is 45.3 Å². The van der Waals surface area contributed by atoms with Crippen LogP contribution in [0.15, 0.2) is 46.7 Å². The molecule has 7 nitrogen and oxygen atoms in total. The zero-order valence-electron chi connectivity index (χ0n) is 13.8. The molecule has 1 N–H and O–H groups in total. The topological polar surface area (TPSA) is 92.8 Å². The minimum atomic E-state index is -3.59. The third-order valence-electron chi connectivity index (χ3n) is 3.16. The predicted molar refractivity (Wildman–Crippen MR) is 94.9 cm³/mol. The summed E-state index contributed by atoms with van der Waals surface area (Å²) in [6, 6.07) is 9.50. The van der Waals surface area contributed by atoms with Gasteiger partial charge < -0.3 is 10.1 Å². The van der Waals surface area contributed by atoms with Gasteiger partial charge in [0.2, 0.25) is 10.0 Å². The van der Waals surface area contributed by atoms with Crippen molar-refractivity contribution in [2.24, 2.45) is 0 Å². The minimum absolute atomic E-state index is 0.0602. The van der Waals surface area contributed by atoms with Gasteiger partial charge in [0.25, 0.3) is 5.91 Å². The lowest BCUT2D eigenvalue weighted by molar-refractivity contribution is -0.146. The summed E-state index contributed by atoms with van der Waals surface area (Å²) in [6.45, 7) is -0.436. The van der Waals surface area contributed by atoms with Crippen molar-refractivity contribution in [3.05, 3.63) is 46.7 Å². The van der Waals surface area contributed by atoms with E-state index >= 15 is 0 Å². The van der Waals surface area contributed by atoms with Gasteiger partial charge in [-0.05, 0) is 29.6 Å². The van der Waals surface area contributed by atoms with Crippen molar-refractivity contribution in [3.63, 3.8) is 0 Å². The number of sulfonamides is 1. The molecule has 0 unspecified atom stereocenters. The second kappa shape index (κ2) is 8.24. The van der Waals surface area contributed by atoms with Crippen LogP contribution < -0.4 is 5.32 Å². The van der Waals surface area contributed by atoms with E-state index in [1.54, 1.807) is 6.07 Å². The number of carbonyl (C=O) groups is 2. The largest absolute Gasteiger partial charge is 0.455 e. The van der Waals surface area contributed by atoms with Gasteiger partial charge >= 0.3 is 5.97 Å². The number of carbonyl (C=O) groups excluding carboxylic acids is 2. The highest BCUT2D eigenvalue weighted by atomic mass is 32.2. The van der Waals surface area contributed by atoms with Crippen molar-refractivity contribution in [2.75, 3.05) is 26.0 Å². The van der Waals surface area contributed by atoms with E-state index in [-0.39, 0.29) is 11.3 Å². The third kappa shape index (κ3) is 5.38. The van der Waals surface area contributed by atoms with E-state index < -0.39 is 28.5 Å². The van der Waals surface area contributed by atoms with E-state index in [1.165, 1.54) is 43.6 Å². The molecule has 1 heterocycles. The Kier molecular flexibility index (Phi) is 6.29. The van der Waals surface area contributed by atoms with Gasteiger partial charge in [0.1, 0.15) is 0 Å². The van der Waals surface area contributed by atoms with Crippen molar-refractivity contribution in [1.82, 2.24) is 4.31 Å². The van der Waals surface area contributed by atoms with Crippen LogP contribution in [0.2, 0.25) is 0 Å². The van der Waals surface area contributed by atoms with E-state index in [0.29, 0.717) is 5.69 Å². The van der Waals surface area contributed by atoms with Gasteiger partial charge in [0.05, 0.1) is 11.3 Å². The number of ether oxygens (including phenoxy) is 1. The number of nitrogens with zero attached hydrogens (tertiary/aromatic N) is 1. The Morgan fingerprint density at radius 2 is 1.96 bits per heavy atom. The average Bonchev–Trinajstić information content (AvgIpc) is 3.06. The summed E-state index contributed by atoms with van der Waals surface area (Å²) in [5.41, 5.74) is 0.308. The van der Waals surface area contributed by atoms with Gasteiger partial charge in [-0.25, -0.2) is 12.7 Å². The van der Waals surface area contributed by atoms with Crippen molar-refractivity contribution < 1.29 is 22.7 Å². The number of esters is 1. The zero-order chi connectivity index (χ0) is 18.4. The fourth-order valence-corrected chi connectivity index (χ4v) is 3.53. The maximum Gasteiger partial charge on any atom is 0.311 e. The van der Waals surface area contributed by atoms with Gasteiger partial charge in [-0.15, -0.1) is 11.3 Å². The number of hydrogen-bond donors (Lipinski definition) is 1. The molecule has 25 heavy (non-hydrogen) atoms. The molecular weight excluding hydrogens is 364 g/mol. The van der Waals surface area contributed by atoms with Crippen molar-refractivity contribution >= 4 is 38.9 Å². The molecule has 0 bridgehead atoms. The maximum atomic E-state index is 12.1. The highest BCUT2D eigenvalue weighted by molar-refractivity contribution is 7.89. The van der Waals surface area contributed by atoms with Crippen LogP contribution >= 0.6 is 11.3 Å². The van der Waals surface area contributed by atoms with Crippen LogP contribution in [0.25, 0.3) is 0 Å². The number of thiophene rings is 1. The van der Waals surface area contributed by atoms with Gasteiger partial charge in [0.15, 0.2) is 6.61 Å². The maximum absolute atomic E-state index is 12.1. The SMILES string of the molecule is CN(C)S(=O)(=O)c1cccc(NC(=O)COC(=O)Cc2cccs2)c1. The molecule has 1 amide bonds.